The third-order valence-electron chi connectivity index (χ3n) is 4.75. The molecule has 0 aliphatic carbocycles. The molecule has 0 aliphatic heterocycles. The minimum atomic E-state index is -0.662. The van der Waals surface area contributed by atoms with Gasteiger partial charge in [-0.25, -0.2) is 4.79 Å². The van der Waals surface area contributed by atoms with Gasteiger partial charge in [0.2, 0.25) is 0 Å². The molecule has 0 heterocycles. The largest absolute Gasteiger partial charge is 0.233 e. The van der Waals surface area contributed by atoms with Gasteiger partial charge >= 0.3 is 0 Å². The zero-order chi connectivity index (χ0) is 18.2. The first-order valence-corrected chi connectivity index (χ1v) is 8.86. The maximum atomic E-state index is 12.2. The molecule has 3 aromatic carbocycles. The first-order valence-electron chi connectivity index (χ1n) is 8.86. The van der Waals surface area contributed by atoms with Crippen molar-refractivity contribution in [1.29, 1.82) is 0 Å². The highest BCUT2D eigenvalue weighted by atomic mass is 16.1. The van der Waals surface area contributed by atoms with Crippen LogP contribution in [0.3, 0.4) is 0 Å². The fraction of sp³-hybridized carbons (Fsp3) is 0.120. The van der Waals surface area contributed by atoms with Crippen molar-refractivity contribution in [2.45, 2.75) is 18.8 Å². The van der Waals surface area contributed by atoms with Crippen LogP contribution in [0.5, 0.6) is 0 Å². The number of carbonyl (C=O) groups excluding carboxylic acids is 1. The van der Waals surface area contributed by atoms with Crippen molar-refractivity contribution >= 4 is 5.94 Å². The Kier molecular flexibility index (Phi) is 5.63. The van der Waals surface area contributed by atoms with E-state index in [4.69, 9.17) is 0 Å². The van der Waals surface area contributed by atoms with Gasteiger partial charge in [0, 0.05) is 5.57 Å². The molecule has 0 aromatic heterocycles. The van der Waals surface area contributed by atoms with Gasteiger partial charge in [0.15, 0.2) is 0 Å². The van der Waals surface area contributed by atoms with Crippen LogP contribution >= 0.6 is 0 Å². The minimum Gasteiger partial charge on any atom is -0.233 e. The normalized spacial score (nSPS) is 11.3. The van der Waals surface area contributed by atoms with Crippen molar-refractivity contribution in [3.63, 3.8) is 0 Å². The molecule has 26 heavy (non-hydrogen) atoms. The third kappa shape index (κ3) is 3.18. The van der Waals surface area contributed by atoms with E-state index in [2.05, 4.69) is 42.3 Å². The summed E-state index contributed by atoms with van der Waals surface area (Å²) < 4.78 is 0. The molecule has 0 bridgehead atoms. The summed E-state index contributed by atoms with van der Waals surface area (Å²) in [6.07, 6.45) is 4.55. The Labute approximate surface area is 155 Å². The number of hydrogen-bond acceptors (Lipinski definition) is 1. The van der Waals surface area contributed by atoms with Crippen LogP contribution in [0.2, 0.25) is 0 Å². The quantitative estimate of drug-likeness (QED) is 0.318. The van der Waals surface area contributed by atoms with Gasteiger partial charge in [-0.05, 0) is 30.0 Å². The van der Waals surface area contributed by atoms with E-state index < -0.39 is 5.41 Å². The number of rotatable bonds is 6. The van der Waals surface area contributed by atoms with Crippen molar-refractivity contribution in [2.24, 2.45) is 0 Å². The summed E-state index contributed by atoms with van der Waals surface area (Å²) in [4.78, 5) is 12.2. The second kappa shape index (κ2) is 8.29. The molecule has 0 saturated carbocycles. The molecule has 3 rings (SSSR count). The molecule has 0 N–H and O–H groups in total. The van der Waals surface area contributed by atoms with Gasteiger partial charge in [-0.3, -0.25) is 0 Å². The molecule has 0 aliphatic rings. The lowest BCUT2D eigenvalue weighted by Crippen LogP contribution is -2.32. The second-order valence-corrected chi connectivity index (χ2v) is 6.20. The van der Waals surface area contributed by atoms with Crippen LogP contribution in [0.15, 0.2) is 109 Å². The van der Waals surface area contributed by atoms with Gasteiger partial charge in [-0.1, -0.05) is 103 Å². The average Bonchev–Trinajstić information content (AvgIpc) is 2.73. The molecule has 0 fully saturated rings. The Morgan fingerprint density at radius 3 is 1.46 bits per heavy atom. The molecule has 128 valence electrons. The highest BCUT2D eigenvalue weighted by Crippen LogP contribution is 2.45. The molecule has 0 amide bonds. The molecule has 0 radical (unpaired) electrons. The Morgan fingerprint density at radius 1 is 0.769 bits per heavy atom. The molecule has 0 atom stereocenters. The topological polar surface area (TPSA) is 17.1 Å². The van der Waals surface area contributed by atoms with Crippen molar-refractivity contribution in [2.75, 3.05) is 0 Å². The Hall–Kier alpha value is -3.15. The SMILES string of the molecule is C/C=C/CC(=C=O)C(c1ccccc1)(c1ccccc1)c1ccccc1. The first-order chi connectivity index (χ1) is 12.8. The monoisotopic (exact) mass is 338 g/mol. The van der Waals surface area contributed by atoms with Gasteiger partial charge in [-0.15, -0.1) is 0 Å². The van der Waals surface area contributed by atoms with Crippen molar-refractivity contribution in [1.82, 2.24) is 0 Å². The Bertz CT molecular complexity index is 805. The highest BCUT2D eigenvalue weighted by molar-refractivity contribution is 5.69. The molecule has 0 unspecified atom stereocenters. The highest BCUT2D eigenvalue weighted by Gasteiger charge is 2.40. The Morgan fingerprint density at radius 2 is 1.15 bits per heavy atom. The summed E-state index contributed by atoms with van der Waals surface area (Å²) in [5.74, 6) is 2.29. The van der Waals surface area contributed by atoms with Gasteiger partial charge in [0.1, 0.15) is 5.94 Å². The third-order valence-corrected chi connectivity index (χ3v) is 4.75. The predicted octanol–water partition coefficient (Wildman–Crippen LogP) is 5.75. The van der Waals surface area contributed by atoms with Crippen LogP contribution in [-0.2, 0) is 10.2 Å². The van der Waals surface area contributed by atoms with Crippen molar-refractivity contribution < 1.29 is 4.79 Å². The van der Waals surface area contributed by atoms with E-state index in [1.54, 1.807) is 0 Å². The Balaban J connectivity index is 2.41. The van der Waals surface area contributed by atoms with E-state index in [1.165, 1.54) is 0 Å². The molecule has 0 saturated heterocycles. The van der Waals surface area contributed by atoms with Crippen molar-refractivity contribution in [3.8, 4) is 0 Å². The van der Waals surface area contributed by atoms with E-state index in [0.29, 0.717) is 12.0 Å². The van der Waals surface area contributed by atoms with Crippen LogP contribution in [0.4, 0.5) is 0 Å². The van der Waals surface area contributed by atoms with Crippen LogP contribution < -0.4 is 0 Å². The summed E-state index contributed by atoms with van der Waals surface area (Å²) in [5, 5.41) is 0. The zero-order valence-corrected chi connectivity index (χ0v) is 14.9. The summed E-state index contributed by atoms with van der Waals surface area (Å²) in [6, 6.07) is 30.7. The van der Waals surface area contributed by atoms with E-state index in [1.807, 2.05) is 73.7 Å². The lowest BCUT2D eigenvalue weighted by atomic mass is 9.64. The molecular formula is C25H22O. The van der Waals surface area contributed by atoms with Crippen LogP contribution in [0.1, 0.15) is 30.0 Å². The van der Waals surface area contributed by atoms with Crippen LogP contribution in [-0.4, -0.2) is 5.94 Å². The van der Waals surface area contributed by atoms with Crippen LogP contribution in [0, 0.1) is 0 Å². The number of hydrogen-bond donors (Lipinski definition) is 0. The first kappa shape index (κ1) is 17.7. The fourth-order valence-corrected chi connectivity index (χ4v) is 3.59. The van der Waals surface area contributed by atoms with Crippen molar-refractivity contribution in [3.05, 3.63) is 125 Å². The lowest BCUT2D eigenvalue weighted by molar-refractivity contribution is 0.560. The van der Waals surface area contributed by atoms with E-state index in [-0.39, 0.29) is 0 Å². The van der Waals surface area contributed by atoms with E-state index in [9.17, 15) is 4.79 Å². The van der Waals surface area contributed by atoms with Crippen LogP contribution in [0.25, 0.3) is 0 Å². The van der Waals surface area contributed by atoms with E-state index in [0.717, 1.165) is 16.7 Å². The average molecular weight is 338 g/mol. The number of allylic oxidation sites excluding steroid dienone is 3. The molecule has 1 heteroatoms. The van der Waals surface area contributed by atoms with Gasteiger partial charge in [-0.2, -0.15) is 0 Å². The number of benzene rings is 3. The summed E-state index contributed by atoms with van der Waals surface area (Å²) in [5.41, 5.74) is 3.25. The zero-order valence-electron chi connectivity index (χ0n) is 14.9. The van der Waals surface area contributed by atoms with Gasteiger partial charge < -0.3 is 0 Å². The predicted molar refractivity (Wildman–Crippen MR) is 108 cm³/mol. The molecule has 3 aromatic rings. The summed E-state index contributed by atoms with van der Waals surface area (Å²) in [6.45, 7) is 1.97. The minimum absolute atomic E-state index is 0.554. The van der Waals surface area contributed by atoms with Gasteiger partial charge in [0.25, 0.3) is 0 Å². The summed E-state index contributed by atoms with van der Waals surface area (Å²) in [7, 11) is 0. The lowest BCUT2D eigenvalue weighted by Gasteiger charge is -2.36. The smallest absolute Gasteiger partial charge is 0.125 e. The standard InChI is InChI=1S/C25H22O/c1-2-3-13-24(20-26)25(21-14-7-4-8-15-21,22-16-9-5-10-17-22)23-18-11-6-12-19-23/h2-12,14-19H,13H2,1H3/b3-2+. The maximum absolute atomic E-state index is 12.2. The van der Waals surface area contributed by atoms with E-state index >= 15 is 0 Å². The summed E-state index contributed by atoms with van der Waals surface area (Å²) >= 11 is 0. The fourth-order valence-electron chi connectivity index (χ4n) is 3.59. The molecule has 1 nitrogen and oxygen atoms in total. The van der Waals surface area contributed by atoms with Gasteiger partial charge in [0.05, 0.1) is 5.41 Å². The molecular weight excluding hydrogens is 316 g/mol. The molecule has 0 spiro atoms. The second-order valence-electron chi connectivity index (χ2n) is 6.20. The maximum Gasteiger partial charge on any atom is 0.125 e.